The van der Waals surface area contributed by atoms with E-state index >= 15 is 0 Å². The second-order valence-electron chi connectivity index (χ2n) is 5.41. The highest BCUT2D eigenvalue weighted by Crippen LogP contribution is 2.16. The van der Waals surface area contributed by atoms with Crippen LogP contribution >= 0.6 is 0 Å². The van der Waals surface area contributed by atoms with Gasteiger partial charge in [0, 0.05) is 38.4 Å². The molecule has 1 aromatic rings. The molecule has 0 amide bonds. The summed E-state index contributed by atoms with van der Waals surface area (Å²) in [5.74, 6) is 0. The summed E-state index contributed by atoms with van der Waals surface area (Å²) in [5.41, 5.74) is 0.713. The lowest BCUT2D eigenvalue weighted by atomic mass is 10.1. The highest BCUT2D eigenvalue weighted by Gasteiger charge is 2.22. The van der Waals surface area contributed by atoms with Crippen LogP contribution in [0.2, 0.25) is 0 Å². The van der Waals surface area contributed by atoms with Crippen LogP contribution in [0.25, 0.3) is 0 Å². The van der Waals surface area contributed by atoms with Crippen LogP contribution in [0.4, 0.5) is 5.69 Å². The van der Waals surface area contributed by atoms with Crippen molar-refractivity contribution in [3.63, 3.8) is 0 Å². The number of hydrogen-bond acceptors (Lipinski definition) is 3. The third-order valence-corrected chi connectivity index (χ3v) is 3.10. The average Bonchev–Trinajstić information content (AvgIpc) is 2.29. The number of nitrogens with zero attached hydrogens (tertiary/aromatic N) is 2. The second-order valence-corrected chi connectivity index (χ2v) is 5.41. The molecule has 0 aromatic heterocycles. The van der Waals surface area contributed by atoms with Crippen molar-refractivity contribution in [1.29, 1.82) is 0 Å². The summed E-state index contributed by atoms with van der Waals surface area (Å²) in [6.45, 7) is 8.64. The maximum Gasteiger partial charge on any atom is 0.0718 e. The van der Waals surface area contributed by atoms with Gasteiger partial charge in [-0.1, -0.05) is 18.2 Å². The predicted octanol–water partition coefficient (Wildman–Crippen LogP) is 1.58. The molecule has 94 valence electrons. The summed E-state index contributed by atoms with van der Waals surface area (Å²) in [6, 6.07) is 10.5. The highest BCUT2D eigenvalue weighted by atomic mass is 16.3. The molecule has 1 saturated heterocycles. The highest BCUT2D eigenvalue weighted by molar-refractivity contribution is 5.46. The molecule has 17 heavy (non-hydrogen) atoms. The van der Waals surface area contributed by atoms with Gasteiger partial charge >= 0.3 is 0 Å². The zero-order chi connectivity index (χ0) is 12.3. The Kier molecular flexibility index (Phi) is 3.69. The van der Waals surface area contributed by atoms with Crippen molar-refractivity contribution in [3.05, 3.63) is 30.3 Å². The fourth-order valence-corrected chi connectivity index (χ4v) is 2.35. The van der Waals surface area contributed by atoms with Gasteiger partial charge in [0.15, 0.2) is 0 Å². The van der Waals surface area contributed by atoms with Crippen LogP contribution in [0, 0.1) is 0 Å². The normalized spacial score (nSPS) is 18.4. The van der Waals surface area contributed by atoms with Crippen LogP contribution in [0.3, 0.4) is 0 Å². The quantitative estimate of drug-likeness (QED) is 0.860. The van der Waals surface area contributed by atoms with Gasteiger partial charge in [0.2, 0.25) is 0 Å². The fourth-order valence-electron chi connectivity index (χ4n) is 2.35. The van der Waals surface area contributed by atoms with E-state index in [-0.39, 0.29) is 0 Å². The van der Waals surface area contributed by atoms with Gasteiger partial charge in [-0.25, -0.2) is 0 Å². The Morgan fingerprint density at radius 1 is 1.06 bits per heavy atom. The zero-order valence-electron chi connectivity index (χ0n) is 10.8. The largest absolute Gasteiger partial charge is 0.389 e. The Hall–Kier alpha value is -1.06. The molecule has 1 aliphatic rings. The number of benzene rings is 1. The van der Waals surface area contributed by atoms with Gasteiger partial charge in [-0.2, -0.15) is 0 Å². The number of para-hydroxylation sites is 1. The summed E-state index contributed by atoms with van der Waals surface area (Å²) in [6.07, 6.45) is 0. The fraction of sp³-hybridized carbons (Fsp3) is 0.571. The first-order chi connectivity index (χ1) is 8.04. The van der Waals surface area contributed by atoms with Crippen molar-refractivity contribution in [2.24, 2.45) is 0 Å². The molecule has 0 bridgehead atoms. The Bertz CT molecular complexity index is 337. The molecule has 3 nitrogen and oxygen atoms in total. The van der Waals surface area contributed by atoms with E-state index in [0.29, 0.717) is 0 Å². The van der Waals surface area contributed by atoms with Gasteiger partial charge in [-0.3, -0.25) is 4.90 Å². The van der Waals surface area contributed by atoms with Crippen LogP contribution in [0.5, 0.6) is 0 Å². The number of aliphatic hydroxyl groups is 1. The third kappa shape index (κ3) is 3.72. The first-order valence-corrected chi connectivity index (χ1v) is 6.29. The average molecular weight is 234 g/mol. The molecule has 1 aliphatic heterocycles. The molecule has 1 fully saturated rings. The first kappa shape index (κ1) is 12.4. The molecular weight excluding hydrogens is 212 g/mol. The van der Waals surface area contributed by atoms with Crippen LogP contribution in [-0.4, -0.2) is 48.3 Å². The second kappa shape index (κ2) is 5.07. The smallest absolute Gasteiger partial charge is 0.0718 e. The maximum atomic E-state index is 9.80. The predicted molar refractivity (Wildman–Crippen MR) is 71.4 cm³/mol. The minimum atomic E-state index is -0.588. The number of piperazine rings is 1. The van der Waals surface area contributed by atoms with E-state index in [0.717, 1.165) is 32.7 Å². The summed E-state index contributed by atoms with van der Waals surface area (Å²) in [7, 11) is 0. The van der Waals surface area contributed by atoms with Gasteiger partial charge in [0.1, 0.15) is 0 Å². The van der Waals surface area contributed by atoms with Crippen molar-refractivity contribution in [1.82, 2.24) is 4.90 Å². The van der Waals surface area contributed by atoms with E-state index in [9.17, 15) is 5.11 Å². The molecule has 0 aliphatic carbocycles. The Morgan fingerprint density at radius 3 is 2.18 bits per heavy atom. The van der Waals surface area contributed by atoms with Gasteiger partial charge < -0.3 is 10.0 Å². The molecule has 0 saturated carbocycles. The SMILES string of the molecule is CC(C)(O)CN1CCN(c2ccccc2)CC1. The number of β-amino-alcohol motifs (C(OH)–C–C–N with tert-alkyl or cyclic N) is 1. The van der Waals surface area contributed by atoms with Gasteiger partial charge in [-0.15, -0.1) is 0 Å². The monoisotopic (exact) mass is 234 g/mol. The van der Waals surface area contributed by atoms with E-state index < -0.39 is 5.60 Å². The summed E-state index contributed by atoms with van der Waals surface area (Å²) in [4.78, 5) is 4.74. The van der Waals surface area contributed by atoms with Crippen LogP contribution in [-0.2, 0) is 0 Å². The van der Waals surface area contributed by atoms with Crippen LogP contribution in [0.15, 0.2) is 30.3 Å². The van der Waals surface area contributed by atoms with Gasteiger partial charge in [0.05, 0.1) is 5.60 Å². The van der Waals surface area contributed by atoms with E-state index in [4.69, 9.17) is 0 Å². The molecular formula is C14H22N2O. The van der Waals surface area contributed by atoms with Crippen LogP contribution < -0.4 is 4.90 Å². The van der Waals surface area contributed by atoms with Crippen molar-refractivity contribution >= 4 is 5.69 Å². The lowest BCUT2D eigenvalue weighted by Crippen LogP contribution is -2.50. The van der Waals surface area contributed by atoms with E-state index in [1.54, 1.807) is 0 Å². The molecule has 0 radical (unpaired) electrons. The van der Waals surface area contributed by atoms with Crippen molar-refractivity contribution in [2.45, 2.75) is 19.4 Å². The van der Waals surface area contributed by atoms with Gasteiger partial charge in [-0.05, 0) is 26.0 Å². The summed E-state index contributed by atoms with van der Waals surface area (Å²) >= 11 is 0. The third-order valence-electron chi connectivity index (χ3n) is 3.10. The zero-order valence-corrected chi connectivity index (χ0v) is 10.8. The lowest BCUT2D eigenvalue weighted by molar-refractivity contribution is 0.0345. The Morgan fingerprint density at radius 2 is 1.65 bits per heavy atom. The Labute approximate surface area is 104 Å². The van der Waals surface area contributed by atoms with Crippen molar-refractivity contribution in [2.75, 3.05) is 37.6 Å². The Balaban J connectivity index is 1.86. The molecule has 1 N–H and O–H groups in total. The number of anilines is 1. The van der Waals surface area contributed by atoms with Crippen LogP contribution in [0.1, 0.15) is 13.8 Å². The first-order valence-electron chi connectivity index (χ1n) is 6.29. The topological polar surface area (TPSA) is 26.7 Å². The minimum absolute atomic E-state index is 0.588. The number of hydrogen-bond donors (Lipinski definition) is 1. The summed E-state index contributed by atoms with van der Waals surface area (Å²) in [5, 5.41) is 9.80. The number of rotatable bonds is 3. The molecule has 1 aromatic carbocycles. The molecule has 1 heterocycles. The molecule has 0 unspecified atom stereocenters. The van der Waals surface area contributed by atoms with E-state index in [2.05, 4.69) is 34.1 Å². The lowest BCUT2D eigenvalue weighted by Gasteiger charge is -2.38. The minimum Gasteiger partial charge on any atom is -0.389 e. The van der Waals surface area contributed by atoms with E-state index in [1.165, 1.54) is 5.69 Å². The van der Waals surface area contributed by atoms with Crippen molar-refractivity contribution < 1.29 is 5.11 Å². The molecule has 0 spiro atoms. The molecule has 2 rings (SSSR count). The van der Waals surface area contributed by atoms with Gasteiger partial charge in [0.25, 0.3) is 0 Å². The molecule has 0 atom stereocenters. The standard InChI is InChI=1S/C14H22N2O/c1-14(2,17)12-15-8-10-16(11-9-15)13-6-4-3-5-7-13/h3-7,17H,8-12H2,1-2H3. The van der Waals surface area contributed by atoms with E-state index in [1.807, 2.05) is 19.9 Å². The van der Waals surface area contributed by atoms with Crippen molar-refractivity contribution in [3.8, 4) is 0 Å². The molecule has 3 heteroatoms. The maximum absolute atomic E-state index is 9.80. The summed E-state index contributed by atoms with van der Waals surface area (Å²) < 4.78 is 0.